The van der Waals surface area contributed by atoms with E-state index in [2.05, 4.69) is 61.3 Å². The van der Waals surface area contributed by atoms with Gasteiger partial charge in [-0.25, -0.2) is 0 Å². The summed E-state index contributed by atoms with van der Waals surface area (Å²) in [6, 6.07) is 15.2. The minimum atomic E-state index is 0.598. The fourth-order valence-corrected chi connectivity index (χ4v) is 3.26. The first-order valence-corrected chi connectivity index (χ1v) is 7.90. The molecule has 110 valence electrons. The Bertz CT molecular complexity index is 606. The zero-order valence-corrected chi connectivity index (χ0v) is 13.0. The third-order valence-electron chi connectivity index (χ3n) is 4.34. The van der Waals surface area contributed by atoms with Crippen molar-refractivity contribution in [3.05, 3.63) is 65.0 Å². The first kappa shape index (κ1) is 14.3. The Labute approximate surface area is 127 Å². The van der Waals surface area contributed by atoms with Crippen molar-refractivity contribution in [3.8, 4) is 0 Å². The van der Waals surface area contributed by atoms with Crippen LogP contribution in [0.25, 0.3) is 0 Å². The van der Waals surface area contributed by atoms with Gasteiger partial charge >= 0.3 is 0 Å². The summed E-state index contributed by atoms with van der Waals surface area (Å²) < 4.78 is 0. The zero-order valence-electron chi connectivity index (χ0n) is 13.0. The molecule has 0 saturated carbocycles. The first-order valence-electron chi connectivity index (χ1n) is 7.90. The van der Waals surface area contributed by atoms with Gasteiger partial charge < -0.3 is 4.90 Å². The predicted octanol–water partition coefficient (Wildman–Crippen LogP) is 3.79. The van der Waals surface area contributed by atoms with E-state index >= 15 is 0 Å². The molecule has 1 saturated heterocycles. The molecule has 1 aromatic carbocycles. The van der Waals surface area contributed by atoms with E-state index in [1.54, 1.807) is 0 Å². The van der Waals surface area contributed by atoms with Crippen molar-refractivity contribution in [2.45, 2.75) is 32.1 Å². The topological polar surface area (TPSA) is 16.1 Å². The Balaban J connectivity index is 1.76. The fourth-order valence-electron chi connectivity index (χ4n) is 3.26. The van der Waals surface area contributed by atoms with Crippen molar-refractivity contribution < 1.29 is 0 Å². The Hall–Kier alpha value is -1.67. The van der Waals surface area contributed by atoms with Gasteiger partial charge in [-0.2, -0.15) is 0 Å². The molecule has 2 nitrogen and oxygen atoms in total. The molecule has 0 radical (unpaired) electrons. The average Bonchev–Trinajstić information content (AvgIpc) is 2.47. The predicted molar refractivity (Wildman–Crippen MR) is 87.7 cm³/mol. The number of piperidine rings is 1. The minimum Gasteiger partial charge on any atom is -0.306 e. The number of pyridine rings is 1. The van der Waals surface area contributed by atoms with Crippen molar-refractivity contribution in [2.75, 3.05) is 20.1 Å². The molecule has 2 heterocycles. The molecule has 0 unspecified atom stereocenters. The summed E-state index contributed by atoms with van der Waals surface area (Å²) in [6.45, 7) is 4.51. The van der Waals surface area contributed by atoms with Crippen LogP contribution in [-0.2, 0) is 6.42 Å². The van der Waals surface area contributed by atoms with Gasteiger partial charge in [-0.3, -0.25) is 4.98 Å². The number of aryl methyl sites for hydroxylation is 1. The number of hydrogen-bond acceptors (Lipinski definition) is 2. The molecule has 1 atom stereocenters. The Kier molecular flexibility index (Phi) is 4.35. The summed E-state index contributed by atoms with van der Waals surface area (Å²) in [7, 11) is 2.21. The molecule has 1 aromatic heterocycles. The highest BCUT2D eigenvalue weighted by molar-refractivity contribution is 5.27. The lowest BCUT2D eigenvalue weighted by atomic mass is 9.94. The van der Waals surface area contributed by atoms with E-state index in [-0.39, 0.29) is 0 Å². The minimum absolute atomic E-state index is 0.598. The second-order valence-electron chi connectivity index (χ2n) is 6.32. The summed E-state index contributed by atoms with van der Waals surface area (Å²) in [5.41, 5.74) is 5.12. The van der Waals surface area contributed by atoms with Gasteiger partial charge in [0.25, 0.3) is 0 Å². The highest BCUT2D eigenvalue weighted by atomic mass is 15.1. The second-order valence-corrected chi connectivity index (χ2v) is 6.32. The van der Waals surface area contributed by atoms with Crippen LogP contribution < -0.4 is 0 Å². The van der Waals surface area contributed by atoms with Crippen LogP contribution in [0.4, 0.5) is 0 Å². The van der Waals surface area contributed by atoms with Gasteiger partial charge in [0.2, 0.25) is 0 Å². The van der Waals surface area contributed by atoms with Gasteiger partial charge in [0.1, 0.15) is 0 Å². The van der Waals surface area contributed by atoms with Gasteiger partial charge in [-0.15, -0.1) is 0 Å². The second kappa shape index (κ2) is 6.40. The molecule has 0 N–H and O–H groups in total. The summed E-state index contributed by atoms with van der Waals surface area (Å²) in [6.07, 6.45) is 3.48. The quantitative estimate of drug-likeness (QED) is 0.850. The molecule has 0 spiro atoms. The third-order valence-corrected chi connectivity index (χ3v) is 4.34. The van der Waals surface area contributed by atoms with E-state index in [1.807, 2.05) is 0 Å². The van der Waals surface area contributed by atoms with Gasteiger partial charge in [0.05, 0.1) is 0 Å². The molecule has 3 rings (SSSR count). The summed E-state index contributed by atoms with van der Waals surface area (Å²) in [4.78, 5) is 7.35. The number of benzene rings is 1. The molecule has 1 fully saturated rings. The Morgan fingerprint density at radius 2 is 2.05 bits per heavy atom. The van der Waals surface area contributed by atoms with Crippen LogP contribution in [0, 0.1) is 6.92 Å². The number of rotatable bonds is 3. The summed E-state index contributed by atoms with van der Waals surface area (Å²) >= 11 is 0. The Morgan fingerprint density at radius 3 is 2.86 bits per heavy atom. The van der Waals surface area contributed by atoms with Gasteiger partial charge in [0, 0.05) is 30.3 Å². The first-order chi connectivity index (χ1) is 10.2. The maximum atomic E-state index is 4.93. The number of hydrogen-bond donors (Lipinski definition) is 0. The third kappa shape index (κ3) is 3.70. The molecule has 0 amide bonds. The summed E-state index contributed by atoms with van der Waals surface area (Å²) in [5.74, 6) is 0.598. The summed E-state index contributed by atoms with van der Waals surface area (Å²) in [5, 5.41) is 0. The van der Waals surface area contributed by atoms with Crippen molar-refractivity contribution in [2.24, 2.45) is 0 Å². The molecule has 0 aliphatic carbocycles. The van der Waals surface area contributed by atoms with Crippen LogP contribution in [0.3, 0.4) is 0 Å². The molecule has 1 aliphatic rings. The van der Waals surface area contributed by atoms with E-state index in [1.165, 1.54) is 41.9 Å². The van der Waals surface area contributed by atoms with Crippen LogP contribution >= 0.6 is 0 Å². The van der Waals surface area contributed by atoms with Crippen LogP contribution in [0.5, 0.6) is 0 Å². The number of aromatic nitrogens is 1. The molecule has 1 aliphatic heterocycles. The maximum absolute atomic E-state index is 4.93. The number of likely N-dealkylation sites (tertiary alicyclic amines) is 1. The lowest BCUT2D eigenvalue weighted by Gasteiger charge is -2.29. The number of nitrogens with zero attached hydrogens (tertiary/aromatic N) is 2. The van der Waals surface area contributed by atoms with Gasteiger partial charge in [-0.05, 0) is 51.1 Å². The van der Waals surface area contributed by atoms with Crippen molar-refractivity contribution >= 4 is 0 Å². The molecule has 2 aromatic rings. The zero-order chi connectivity index (χ0) is 14.7. The van der Waals surface area contributed by atoms with Gasteiger partial charge in [-0.1, -0.05) is 35.9 Å². The van der Waals surface area contributed by atoms with Crippen LogP contribution in [0.1, 0.15) is 41.3 Å². The average molecular weight is 280 g/mol. The van der Waals surface area contributed by atoms with Crippen LogP contribution in [0.2, 0.25) is 0 Å². The monoisotopic (exact) mass is 280 g/mol. The molecule has 21 heavy (non-hydrogen) atoms. The number of likely N-dealkylation sites (N-methyl/N-ethyl adjacent to an activating group) is 1. The van der Waals surface area contributed by atoms with Crippen LogP contribution in [0.15, 0.2) is 42.5 Å². The van der Waals surface area contributed by atoms with Crippen LogP contribution in [-0.4, -0.2) is 30.0 Å². The van der Waals surface area contributed by atoms with E-state index in [4.69, 9.17) is 4.98 Å². The van der Waals surface area contributed by atoms with Crippen molar-refractivity contribution in [3.63, 3.8) is 0 Å². The van der Waals surface area contributed by atoms with Crippen molar-refractivity contribution in [1.29, 1.82) is 0 Å². The lowest BCUT2D eigenvalue weighted by Crippen LogP contribution is -2.31. The SMILES string of the molecule is Cc1cccc(Cc2cccc([C@H]3CCCN(C)C3)n2)c1. The van der Waals surface area contributed by atoms with Gasteiger partial charge in [0.15, 0.2) is 0 Å². The Morgan fingerprint density at radius 1 is 1.19 bits per heavy atom. The normalized spacial score (nSPS) is 19.6. The van der Waals surface area contributed by atoms with E-state index in [0.717, 1.165) is 13.0 Å². The maximum Gasteiger partial charge on any atom is 0.0450 e. The standard InChI is InChI=1S/C19H24N2/c1-15-6-3-7-16(12-15)13-18-9-4-10-19(20-18)17-8-5-11-21(2)14-17/h3-4,6-7,9-10,12,17H,5,8,11,13-14H2,1-2H3/t17-/m0/s1. The molecular weight excluding hydrogens is 256 g/mol. The molecule has 0 bridgehead atoms. The highest BCUT2D eigenvalue weighted by Crippen LogP contribution is 2.25. The van der Waals surface area contributed by atoms with Crippen molar-refractivity contribution in [1.82, 2.24) is 9.88 Å². The molecular formula is C19H24N2. The largest absolute Gasteiger partial charge is 0.306 e. The smallest absolute Gasteiger partial charge is 0.0450 e. The lowest BCUT2D eigenvalue weighted by molar-refractivity contribution is 0.248. The fraction of sp³-hybridized carbons (Fsp3) is 0.421. The van der Waals surface area contributed by atoms with E-state index in [9.17, 15) is 0 Å². The highest BCUT2D eigenvalue weighted by Gasteiger charge is 2.20. The van der Waals surface area contributed by atoms with E-state index in [0.29, 0.717) is 5.92 Å². The van der Waals surface area contributed by atoms with E-state index < -0.39 is 0 Å². The molecule has 2 heteroatoms.